The van der Waals surface area contributed by atoms with E-state index in [4.69, 9.17) is 0 Å². The zero-order chi connectivity index (χ0) is 15.9. The van der Waals surface area contributed by atoms with Crippen LogP contribution in [0.1, 0.15) is 16.7 Å². The van der Waals surface area contributed by atoms with Gasteiger partial charge in [-0.25, -0.2) is 9.97 Å². The Morgan fingerprint density at radius 1 is 0.833 bits per heavy atom. The lowest BCUT2D eigenvalue weighted by atomic mass is 10.1. The molecule has 3 rings (SSSR count). The highest BCUT2D eigenvalue weighted by Gasteiger charge is 2.11. The summed E-state index contributed by atoms with van der Waals surface area (Å²) in [7, 11) is 0. The van der Waals surface area contributed by atoms with Crippen molar-refractivity contribution in [2.24, 2.45) is 0 Å². The van der Waals surface area contributed by atoms with Gasteiger partial charge in [0.05, 0.1) is 11.2 Å². The molecule has 5 N–H and O–H groups in total. The lowest BCUT2D eigenvalue weighted by Crippen LogP contribution is -1.99. The van der Waals surface area contributed by atoms with E-state index in [1.165, 1.54) is 16.7 Å². The quantitative estimate of drug-likeness (QED) is 0.625. The van der Waals surface area contributed by atoms with Crippen molar-refractivity contribution in [1.29, 1.82) is 0 Å². The summed E-state index contributed by atoms with van der Waals surface area (Å²) in [5.41, 5.74) is 5.55. The average Bonchev–Trinajstić information content (AvgIpc) is 2.44. The predicted octanol–water partition coefficient (Wildman–Crippen LogP) is 4.17. The second-order valence-electron chi connectivity index (χ2n) is 5.40. The molecular weight excluding hydrogens is 438 g/mol. The monoisotopic (exact) mass is 455 g/mol. The molecule has 0 saturated carbocycles. The van der Waals surface area contributed by atoms with Gasteiger partial charge in [0.1, 0.15) is 12.1 Å². The molecule has 0 aliphatic carbocycles. The van der Waals surface area contributed by atoms with Crippen molar-refractivity contribution in [2.75, 3.05) is 5.32 Å². The molecule has 0 amide bonds. The maximum absolute atomic E-state index is 4.41. The van der Waals surface area contributed by atoms with E-state index in [0.717, 1.165) is 31.4 Å². The van der Waals surface area contributed by atoms with Crippen LogP contribution in [0, 0.1) is 20.8 Å². The smallest absolute Gasteiger partial charge is 0.141 e. The van der Waals surface area contributed by atoms with E-state index in [1.807, 2.05) is 0 Å². The molecule has 7 heteroatoms. The number of aromatic nitrogens is 2. The fourth-order valence-electron chi connectivity index (χ4n) is 2.35. The molecule has 0 atom stereocenters. The molecule has 0 radical (unpaired) electrons. The second-order valence-corrected chi connectivity index (χ2v) is 7.11. The summed E-state index contributed by atoms with van der Waals surface area (Å²) in [6.07, 6.45) is 1.59. The van der Waals surface area contributed by atoms with Gasteiger partial charge < -0.3 is 16.3 Å². The van der Waals surface area contributed by atoms with Gasteiger partial charge in [0.15, 0.2) is 0 Å². The minimum atomic E-state index is 0. The molecule has 0 unspecified atom stereocenters. The predicted molar refractivity (Wildman–Crippen MR) is 106 cm³/mol. The maximum Gasteiger partial charge on any atom is 0.141 e. The molecule has 2 aromatic carbocycles. The van der Waals surface area contributed by atoms with Crippen molar-refractivity contribution >= 4 is 54.3 Å². The lowest BCUT2D eigenvalue weighted by molar-refractivity contribution is 0.823. The largest absolute Gasteiger partial charge is 0.412 e. The number of rotatable bonds is 2. The number of benzene rings is 2. The molecule has 24 heavy (non-hydrogen) atoms. The van der Waals surface area contributed by atoms with Crippen molar-refractivity contribution in [1.82, 2.24) is 9.97 Å². The fourth-order valence-corrected chi connectivity index (χ4v) is 3.97. The molecule has 3 aromatic rings. The van der Waals surface area contributed by atoms with E-state index in [9.17, 15) is 0 Å². The SMILES string of the molecule is Cc1cc(Br)c(Nc2ncnc3cc(C)c(C)cc23)c(Br)c1.O.O. The topological polar surface area (TPSA) is 101 Å². The van der Waals surface area contributed by atoms with E-state index in [1.54, 1.807) is 6.33 Å². The van der Waals surface area contributed by atoms with Crippen molar-refractivity contribution in [3.63, 3.8) is 0 Å². The van der Waals surface area contributed by atoms with Gasteiger partial charge in [0.2, 0.25) is 0 Å². The van der Waals surface area contributed by atoms with Crippen LogP contribution in [-0.2, 0) is 0 Å². The number of hydrogen-bond donors (Lipinski definition) is 1. The summed E-state index contributed by atoms with van der Waals surface area (Å²) < 4.78 is 1.99. The Kier molecular flexibility index (Phi) is 6.86. The lowest BCUT2D eigenvalue weighted by Gasteiger charge is -2.13. The molecule has 0 fully saturated rings. The molecule has 128 valence electrons. The number of nitrogens with zero attached hydrogens (tertiary/aromatic N) is 2. The maximum atomic E-state index is 4.41. The summed E-state index contributed by atoms with van der Waals surface area (Å²) in [5, 5.41) is 4.43. The third kappa shape index (κ3) is 3.92. The highest BCUT2D eigenvalue weighted by Crippen LogP contribution is 2.35. The summed E-state index contributed by atoms with van der Waals surface area (Å²) in [5.74, 6) is 0.804. The average molecular weight is 457 g/mol. The van der Waals surface area contributed by atoms with Gasteiger partial charge in [-0.1, -0.05) is 0 Å². The highest BCUT2D eigenvalue weighted by atomic mass is 79.9. The van der Waals surface area contributed by atoms with Gasteiger partial charge in [-0.05, 0) is 93.6 Å². The number of aryl methyl sites for hydroxylation is 3. The second kappa shape index (κ2) is 8.02. The molecule has 0 aliphatic rings. The number of hydrogen-bond acceptors (Lipinski definition) is 3. The molecule has 0 aliphatic heterocycles. The fraction of sp³-hybridized carbons (Fsp3) is 0.176. The van der Waals surface area contributed by atoms with E-state index >= 15 is 0 Å². The first kappa shape index (κ1) is 20.5. The number of nitrogens with one attached hydrogen (secondary N) is 1. The third-order valence-corrected chi connectivity index (χ3v) is 4.93. The first-order chi connectivity index (χ1) is 10.5. The van der Waals surface area contributed by atoms with Gasteiger partial charge >= 0.3 is 0 Å². The van der Waals surface area contributed by atoms with Gasteiger partial charge in [0.25, 0.3) is 0 Å². The van der Waals surface area contributed by atoms with Gasteiger partial charge in [-0.3, -0.25) is 0 Å². The van der Waals surface area contributed by atoms with Crippen LogP contribution in [0.15, 0.2) is 39.5 Å². The van der Waals surface area contributed by atoms with Gasteiger partial charge in [-0.15, -0.1) is 0 Å². The van der Waals surface area contributed by atoms with Crippen molar-refractivity contribution in [2.45, 2.75) is 20.8 Å². The zero-order valence-corrected chi connectivity index (χ0v) is 16.7. The number of halogens is 2. The summed E-state index contributed by atoms with van der Waals surface area (Å²) in [6.45, 7) is 6.26. The summed E-state index contributed by atoms with van der Waals surface area (Å²) in [6, 6.07) is 8.37. The standard InChI is InChI=1S/C17H15Br2N3.2H2O/c1-9-4-13(18)16(14(19)5-9)22-17-12-6-10(2)11(3)7-15(12)20-8-21-17;;/h4-8H,1-3H3,(H,20,21,22);2*1H2. The molecule has 0 saturated heterocycles. The highest BCUT2D eigenvalue weighted by molar-refractivity contribution is 9.11. The normalized spacial score (nSPS) is 10.0. The van der Waals surface area contributed by atoms with Crippen molar-refractivity contribution in [3.05, 3.63) is 56.2 Å². The first-order valence-electron chi connectivity index (χ1n) is 6.90. The van der Waals surface area contributed by atoms with Crippen LogP contribution in [0.5, 0.6) is 0 Å². The Labute approximate surface area is 157 Å². The summed E-state index contributed by atoms with van der Waals surface area (Å²) >= 11 is 7.22. The Balaban J connectivity index is 0.00000144. The minimum Gasteiger partial charge on any atom is -0.412 e. The van der Waals surface area contributed by atoms with Crippen LogP contribution in [0.2, 0.25) is 0 Å². The van der Waals surface area contributed by atoms with Crippen LogP contribution < -0.4 is 5.32 Å². The van der Waals surface area contributed by atoms with E-state index in [-0.39, 0.29) is 11.0 Å². The molecule has 1 heterocycles. The molecular formula is C17H19Br2N3O2. The van der Waals surface area contributed by atoms with Crippen LogP contribution in [0.25, 0.3) is 10.9 Å². The van der Waals surface area contributed by atoms with Gasteiger partial charge in [-0.2, -0.15) is 0 Å². The third-order valence-electron chi connectivity index (χ3n) is 3.68. The van der Waals surface area contributed by atoms with E-state index in [0.29, 0.717) is 0 Å². The molecule has 5 nitrogen and oxygen atoms in total. The van der Waals surface area contributed by atoms with Crippen LogP contribution in [0.3, 0.4) is 0 Å². The molecule has 1 aromatic heterocycles. The van der Waals surface area contributed by atoms with Crippen molar-refractivity contribution in [3.8, 4) is 0 Å². The van der Waals surface area contributed by atoms with Gasteiger partial charge in [0, 0.05) is 14.3 Å². The van der Waals surface area contributed by atoms with Crippen molar-refractivity contribution < 1.29 is 11.0 Å². The minimum absolute atomic E-state index is 0. The van der Waals surface area contributed by atoms with E-state index < -0.39 is 0 Å². The van der Waals surface area contributed by atoms with Crippen LogP contribution in [-0.4, -0.2) is 20.9 Å². The molecule has 0 spiro atoms. The Hall–Kier alpha value is -1.54. The Morgan fingerprint density at radius 3 is 2.04 bits per heavy atom. The molecule has 0 bridgehead atoms. The first-order valence-corrected chi connectivity index (χ1v) is 8.49. The Morgan fingerprint density at radius 2 is 1.42 bits per heavy atom. The summed E-state index contributed by atoms with van der Waals surface area (Å²) in [4.78, 5) is 8.78. The number of anilines is 2. The number of fused-ring (bicyclic) bond motifs is 1. The van der Waals surface area contributed by atoms with Crippen LogP contribution in [0.4, 0.5) is 11.5 Å². The Bertz CT molecular complexity index is 862. The van der Waals surface area contributed by atoms with Crippen LogP contribution >= 0.6 is 31.9 Å². The van der Waals surface area contributed by atoms with E-state index in [2.05, 4.69) is 92.2 Å². The zero-order valence-electron chi connectivity index (χ0n) is 13.5.